The first-order chi connectivity index (χ1) is 13.1. The highest BCUT2D eigenvalue weighted by atomic mass is 31.2. The van der Waals surface area contributed by atoms with Gasteiger partial charge in [-0.15, -0.1) is 0 Å². The number of H-pyrrole nitrogens is 1. The summed E-state index contributed by atoms with van der Waals surface area (Å²) in [5, 5.41) is 0.408. The smallest absolute Gasteiger partial charge is 0.327 e. The molecule has 12 nitrogen and oxygen atoms in total. The van der Waals surface area contributed by atoms with Crippen molar-refractivity contribution < 1.29 is 38.2 Å². The molecule has 0 atom stereocenters. The molecule has 158 valence electrons. The van der Waals surface area contributed by atoms with Gasteiger partial charge in [-0.2, -0.15) is 0 Å². The monoisotopic (exact) mass is 439 g/mol. The Bertz CT molecular complexity index is 886. The summed E-state index contributed by atoms with van der Waals surface area (Å²) < 4.78 is 34.1. The van der Waals surface area contributed by atoms with E-state index in [4.69, 9.17) is 29.0 Å². The van der Waals surface area contributed by atoms with Gasteiger partial charge in [0.25, 0.3) is 5.56 Å². The van der Waals surface area contributed by atoms with E-state index in [-0.39, 0.29) is 37.9 Å². The summed E-state index contributed by atoms with van der Waals surface area (Å²) in [4.78, 5) is 53.9. The Morgan fingerprint density at radius 3 is 2.18 bits per heavy atom. The molecular weight excluding hydrogens is 416 g/mol. The maximum Gasteiger partial charge on any atom is 0.327 e. The van der Waals surface area contributed by atoms with E-state index in [0.29, 0.717) is 17.6 Å². The molecule has 0 radical (unpaired) electrons. The number of nitrogens with one attached hydrogen (secondary N) is 1. The van der Waals surface area contributed by atoms with Crippen molar-refractivity contribution in [2.75, 3.05) is 38.8 Å². The van der Waals surface area contributed by atoms with Crippen LogP contribution in [-0.4, -0.2) is 72.9 Å². The highest BCUT2D eigenvalue weighted by molar-refractivity contribution is 7.52. The van der Waals surface area contributed by atoms with E-state index in [1.54, 1.807) is 16.8 Å². The third kappa shape index (κ3) is 7.94. The average Bonchev–Trinajstić information content (AvgIpc) is 2.98. The number of hydrogen-bond donors (Lipinski definition) is 5. The van der Waals surface area contributed by atoms with Crippen molar-refractivity contribution in [2.24, 2.45) is 5.92 Å². The molecule has 2 aromatic heterocycles. The largest absolute Gasteiger partial charge is 0.380 e. The minimum atomic E-state index is -4.16. The molecule has 2 rings (SSSR count). The van der Waals surface area contributed by atoms with Gasteiger partial charge in [0.05, 0.1) is 50.5 Å². The van der Waals surface area contributed by atoms with E-state index in [0.717, 1.165) is 0 Å². The number of aromatic nitrogens is 3. The molecule has 0 bridgehead atoms. The van der Waals surface area contributed by atoms with Gasteiger partial charge in [0, 0.05) is 18.7 Å². The zero-order valence-corrected chi connectivity index (χ0v) is 16.7. The van der Waals surface area contributed by atoms with Crippen LogP contribution < -0.4 is 5.56 Å². The zero-order valence-electron chi connectivity index (χ0n) is 14.9. The molecular formula is C14H23N3O9P2. The van der Waals surface area contributed by atoms with Crippen LogP contribution >= 0.6 is 15.2 Å². The summed E-state index contributed by atoms with van der Waals surface area (Å²) in [6.07, 6.45) is 2.12. The van der Waals surface area contributed by atoms with Crippen LogP contribution in [-0.2, 0) is 25.1 Å². The van der Waals surface area contributed by atoms with E-state index in [1.165, 1.54) is 6.33 Å². The Morgan fingerprint density at radius 1 is 1.07 bits per heavy atom. The third-order valence-electron chi connectivity index (χ3n) is 3.78. The van der Waals surface area contributed by atoms with Crippen molar-refractivity contribution in [1.82, 2.24) is 14.5 Å². The molecule has 0 aromatic carbocycles. The summed E-state index contributed by atoms with van der Waals surface area (Å²) in [7, 11) is -8.32. The molecule has 0 fully saturated rings. The van der Waals surface area contributed by atoms with Gasteiger partial charge in [0.2, 0.25) is 0 Å². The highest BCUT2D eigenvalue weighted by Crippen LogP contribution is 2.34. The lowest BCUT2D eigenvalue weighted by molar-refractivity contribution is 0.0413. The van der Waals surface area contributed by atoms with Gasteiger partial charge < -0.3 is 38.6 Å². The van der Waals surface area contributed by atoms with Gasteiger partial charge >= 0.3 is 15.2 Å². The molecule has 0 amide bonds. The van der Waals surface area contributed by atoms with E-state index >= 15 is 0 Å². The highest BCUT2D eigenvalue weighted by Gasteiger charge is 2.17. The van der Waals surface area contributed by atoms with Crippen LogP contribution in [0.3, 0.4) is 0 Å². The van der Waals surface area contributed by atoms with E-state index < -0.39 is 27.5 Å². The van der Waals surface area contributed by atoms with Crippen LogP contribution in [0.5, 0.6) is 0 Å². The minimum Gasteiger partial charge on any atom is -0.380 e. The van der Waals surface area contributed by atoms with Crippen molar-refractivity contribution in [3.05, 3.63) is 28.9 Å². The van der Waals surface area contributed by atoms with E-state index in [9.17, 15) is 13.9 Å². The van der Waals surface area contributed by atoms with Crippen molar-refractivity contribution in [3.8, 4) is 0 Å². The number of hydrogen-bond acceptors (Lipinski definition) is 6. The molecule has 0 saturated heterocycles. The Morgan fingerprint density at radius 2 is 1.64 bits per heavy atom. The standard InChI is InChI=1S/C14H23N3O9P2/c18-14-12-1-2-17(13(12)15-10-16-14)7-11(8-25-3-5-27(19,20)21)9-26-4-6-28(22,23)24/h1-2,10-11H,3-9H2,(H,15,16,18)(H2,19,20,21)(H2,22,23,24). The molecule has 28 heavy (non-hydrogen) atoms. The van der Waals surface area contributed by atoms with Crippen molar-refractivity contribution in [2.45, 2.75) is 6.54 Å². The zero-order chi connectivity index (χ0) is 20.8. The summed E-state index contributed by atoms with van der Waals surface area (Å²) in [5.74, 6) is -0.301. The summed E-state index contributed by atoms with van der Waals surface area (Å²) in [5.41, 5.74) is 0.176. The van der Waals surface area contributed by atoms with Gasteiger partial charge in [0.15, 0.2) is 0 Å². The predicted octanol–water partition coefficient (Wildman–Crippen LogP) is -0.271. The minimum absolute atomic E-state index is 0.0960. The molecule has 5 N–H and O–H groups in total. The normalized spacial score (nSPS) is 12.9. The van der Waals surface area contributed by atoms with Gasteiger partial charge in [-0.1, -0.05) is 0 Å². The molecule has 2 aromatic rings. The fraction of sp³-hybridized carbons (Fsp3) is 0.571. The number of fused-ring (bicyclic) bond motifs is 1. The topological polar surface area (TPSA) is 184 Å². The van der Waals surface area contributed by atoms with E-state index in [1.807, 2.05) is 0 Å². The number of ether oxygens (including phenoxy) is 2. The maximum atomic E-state index is 11.8. The maximum absolute atomic E-state index is 11.8. The molecule has 0 aliphatic rings. The van der Waals surface area contributed by atoms with Gasteiger partial charge in [-0.05, 0) is 6.07 Å². The lowest BCUT2D eigenvalue weighted by atomic mass is 10.2. The Labute approximate surface area is 159 Å². The second-order valence-electron chi connectivity index (χ2n) is 6.23. The Balaban J connectivity index is 1.99. The van der Waals surface area contributed by atoms with Crippen LogP contribution in [0.2, 0.25) is 0 Å². The van der Waals surface area contributed by atoms with Crippen LogP contribution in [0, 0.1) is 5.92 Å². The first-order valence-electron chi connectivity index (χ1n) is 8.32. The average molecular weight is 439 g/mol. The van der Waals surface area contributed by atoms with Crippen molar-refractivity contribution in [3.63, 3.8) is 0 Å². The quantitative estimate of drug-likeness (QED) is 0.218. The van der Waals surface area contributed by atoms with Crippen LogP contribution in [0.1, 0.15) is 0 Å². The Hall–Kier alpha value is -1.36. The summed E-state index contributed by atoms with van der Waals surface area (Å²) >= 11 is 0. The van der Waals surface area contributed by atoms with Crippen LogP contribution in [0.4, 0.5) is 0 Å². The second kappa shape index (κ2) is 9.91. The summed E-state index contributed by atoms with van der Waals surface area (Å²) in [6, 6.07) is 1.61. The van der Waals surface area contributed by atoms with Gasteiger partial charge in [-0.25, -0.2) is 4.98 Å². The van der Waals surface area contributed by atoms with E-state index in [2.05, 4.69) is 9.97 Å². The fourth-order valence-electron chi connectivity index (χ4n) is 2.46. The van der Waals surface area contributed by atoms with Crippen molar-refractivity contribution >= 4 is 26.2 Å². The molecule has 0 unspecified atom stereocenters. The van der Waals surface area contributed by atoms with Gasteiger partial charge in [-0.3, -0.25) is 13.9 Å². The predicted molar refractivity (Wildman–Crippen MR) is 99.3 cm³/mol. The molecule has 2 heterocycles. The third-order valence-corrected chi connectivity index (χ3v) is 5.31. The van der Waals surface area contributed by atoms with Crippen LogP contribution in [0.15, 0.2) is 23.4 Å². The second-order valence-corrected chi connectivity index (χ2v) is 9.78. The van der Waals surface area contributed by atoms with Crippen LogP contribution in [0.25, 0.3) is 11.0 Å². The lowest BCUT2D eigenvalue weighted by Crippen LogP contribution is -2.23. The fourth-order valence-corrected chi connectivity index (χ4v) is 3.19. The molecule has 0 spiro atoms. The van der Waals surface area contributed by atoms with Crippen molar-refractivity contribution in [1.29, 1.82) is 0 Å². The summed E-state index contributed by atoms with van der Waals surface area (Å²) in [6.45, 7) is 0.227. The molecule has 0 saturated carbocycles. The first-order valence-corrected chi connectivity index (χ1v) is 11.9. The number of nitrogens with zero attached hydrogens (tertiary/aromatic N) is 2. The first kappa shape index (κ1) is 22.9. The number of aromatic amines is 1. The Kier molecular flexibility index (Phi) is 8.11. The molecule has 0 aliphatic heterocycles. The molecule has 0 aliphatic carbocycles. The van der Waals surface area contributed by atoms with Gasteiger partial charge in [0.1, 0.15) is 5.65 Å². The SMILES string of the molecule is O=c1[nH]cnc2c1ccn2CC(COCCP(=O)(O)O)COCCP(=O)(O)O. The molecule has 14 heteroatoms. The number of rotatable bonds is 12. The lowest BCUT2D eigenvalue weighted by Gasteiger charge is -2.19.